The standard InChI is InChI=1S/C15H25NO4/c1-11-6-9-20-13(11)14(19)16(2)15(10-12(17)18)7-4-3-5-8-15/h11,13H,3-10H2,1-2H3,(H,17,18). The predicted molar refractivity (Wildman–Crippen MR) is 74.4 cm³/mol. The van der Waals surface area contributed by atoms with E-state index in [2.05, 4.69) is 0 Å². The van der Waals surface area contributed by atoms with Gasteiger partial charge in [-0.25, -0.2) is 0 Å². The zero-order chi connectivity index (χ0) is 14.8. The number of hydrogen-bond acceptors (Lipinski definition) is 3. The maximum absolute atomic E-state index is 12.6. The minimum absolute atomic E-state index is 0.0380. The molecule has 2 aliphatic rings. The molecule has 1 amide bonds. The van der Waals surface area contributed by atoms with E-state index in [1.165, 1.54) is 0 Å². The summed E-state index contributed by atoms with van der Waals surface area (Å²) in [6.45, 7) is 2.64. The molecule has 1 heterocycles. The number of likely N-dealkylation sites (N-methyl/N-ethyl adjacent to an activating group) is 1. The fourth-order valence-corrected chi connectivity index (χ4v) is 3.56. The Labute approximate surface area is 120 Å². The molecule has 1 saturated heterocycles. The summed E-state index contributed by atoms with van der Waals surface area (Å²) >= 11 is 0. The lowest BCUT2D eigenvalue weighted by Gasteiger charge is -2.44. The van der Waals surface area contributed by atoms with Crippen LogP contribution in [0, 0.1) is 5.92 Å². The first-order valence-corrected chi connectivity index (χ1v) is 7.57. The van der Waals surface area contributed by atoms with Crippen molar-refractivity contribution in [3.05, 3.63) is 0 Å². The number of amides is 1. The number of aliphatic carboxylic acids is 1. The molecule has 114 valence electrons. The molecule has 0 aromatic rings. The molecule has 0 aromatic carbocycles. The smallest absolute Gasteiger partial charge is 0.305 e. The van der Waals surface area contributed by atoms with E-state index in [9.17, 15) is 14.7 Å². The summed E-state index contributed by atoms with van der Waals surface area (Å²) in [4.78, 5) is 25.6. The Bertz CT molecular complexity index is 376. The maximum atomic E-state index is 12.6. The number of carbonyl (C=O) groups is 2. The minimum Gasteiger partial charge on any atom is -0.481 e. The molecule has 1 aliphatic heterocycles. The van der Waals surface area contributed by atoms with Gasteiger partial charge in [0, 0.05) is 13.7 Å². The van der Waals surface area contributed by atoms with Gasteiger partial charge in [-0.3, -0.25) is 9.59 Å². The molecule has 1 saturated carbocycles. The molecule has 2 fully saturated rings. The number of ether oxygens (including phenoxy) is 1. The van der Waals surface area contributed by atoms with E-state index in [0.717, 1.165) is 38.5 Å². The highest BCUT2D eigenvalue weighted by Crippen LogP contribution is 2.37. The summed E-state index contributed by atoms with van der Waals surface area (Å²) in [5, 5.41) is 9.21. The van der Waals surface area contributed by atoms with Gasteiger partial charge in [-0.05, 0) is 25.2 Å². The zero-order valence-corrected chi connectivity index (χ0v) is 12.4. The summed E-state index contributed by atoms with van der Waals surface area (Å²) in [5.41, 5.74) is -0.521. The Balaban J connectivity index is 2.15. The van der Waals surface area contributed by atoms with Gasteiger partial charge in [-0.1, -0.05) is 26.2 Å². The van der Waals surface area contributed by atoms with Crippen LogP contribution in [0.5, 0.6) is 0 Å². The van der Waals surface area contributed by atoms with Gasteiger partial charge >= 0.3 is 5.97 Å². The molecule has 20 heavy (non-hydrogen) atoms. The van der Waals surface area contributed by atoms with Gasteiger partial charge in [0.2, 0.25) is 0 Å². The quantitative estimate of drug-likeness (QED) is 0.857. The van der Waals surface area contributed by atoms with Crippen LogP contribution in [0.1, 0.15) is 51.9 Å². The second-order valence-electron chi connectivity index (χ2n) is 6.31. The van der Waals surface area contributed by atoms with Crippen molar-refractivity contribution in [2.75, 3.05) is 13.7 Å². The predicted octanol–water partition coefficient (Wildman–Crippen LogP) is 2.05. The van der Waals surface area contributed by atoms with Gasteiger partial charge in [0.15, 0.2) is 0 Å². The van der Waals surface area contributed by atoms with Gasteiger partial charge in [0.05, 0.1) is 12.0 Å². The van der Waals surface area contributed by atoms with Crippen LogP contribution in [-0.2, 0) is 14.3 Å². The van der Waals surface area contributed by atoms with E-state index < -0.39 is 17.6 Å². The molecule has 1 N–H and O–H groups in total. The number of carbonyl (C=O) groups excluding carboxylic acids is 1. The van der Waals surface area contributed by atoms with E-state index in [0.29, 0.717) is 6.61 Å². The number of carboxylic acid groups (broad SMARTS) is 1. The Kier molecular flexibility index (Phi) is 4.68. The SMILES string of the molecule is CC1CCOC1C(=O)N(C)C1(CC(=O)O)CCCCC1. The Morgan fingerprint density at radius 3 is 2.45 bits per heavy atom. The molecule has 0 spiro atoms. The number of carboxylic acids is 1. The summed E-state index contributed by atoms with van der Waals surface area (Å²) in [5.74, 6) is -0.652. The molecule has 2 unspecified atom stereocenters. The largest absolute Gasteiger partial charge is 0.481 e. The molecule has 5 heteroatoms. The fraction of sp³-hybridized carbons (Fsp3) is 0.867. The summed E-state index contributed by atoms with van der Waals surface area (Å²) in [6.07, 6.45) is 5.21. The highest BCUT2D eigenvalue weighted by atomic mass is 16.5. The number of hydrogen-bond donors (Lipinski definition) is 1. The molecule has 0 aromatic heterocycles. The molecular formula is C15H25NO4. The minimum atomic E-state index is -0.827. The van der Waals surface area contributed by atoms with E-state index in [4.69, 9.17) is 4.74 Å². The van der Waals surface area contributed by atoms with Crippen molar-refractivity contribution >= 4 is 11.9 Å². The molecule has 0 bridgehead atoms. The van der Waals surface area contributed by atoms with Crippen molar-refractivity contribution in [1.82, 2.24) is 4.90 Å². The van der Waals surface area contributed by atoms with Crippen LogP contribution >= 0.6 is 0 Å². The normalized spacial score (nSPS) is 29.1. The van der Waals surface area contributed by atoms with Gasteiger partial charge in [-0.15, -0.1) is 0 Å². The van der Waals surface area contributed by atoms with Crippen molar-refractivity contribution < 1.29 is 19.4 Å². The molecule has 1 aliphatic carbocycles. The first-order chi connectivity index (χ1) is 9.46. The zero-order valence-electron chi connectivity index (χ0n) is 12.4. The lowest BCUT2D eigenvalue weighted by atomic mass is 9.77. The lowest BCUT2D eigenvalue weighted by molar-refractivity contribution is -0.152. The Morgan fingerprint density at radius 1 is 1.30 bits per heavy atom. The van der Waals surface area contributed by atoms with Crippen LogP contribution in [-0.4, -0.2) is 47.2 Å². The van der Waals surface area contributed by atoms with E-state index in [1.807, 2.05) is 6.92 Å². The highest BCUT2D eigenvalue weighted by Gasteiger charge is 2.44. The monoisotopic (exact) mass is 283 g/mol. The van der Waals surface area contributed by atoms with Gasteiger partial charge in [0.25, 0.3) is 5.91 Å². The average Bonchev–Trinajstić information content (AvgIpc) is 2.83. The molecule has 2 atom stereocenters. The number of rotatable bonds is 4. The van der Waals surface area contributed by atoms with E-state index in [-0.39, 0.29) is 18.2 Å². The summed E-state index contributed by atoms with van der Waals surface area (Å²) in [6, 6.07) is 0. The van der Waals surface area contributed by atoms with Crippen molar-refractivity contribution in [2.24, 2.45) is 5.92 Å². The second-order valence-corrected chi connectivity index (χ2v) is 6.31. The van der Waals surface area contributed by atoms with E-state index >= 15 is 0 Å². The van der Waals surface area contributed by atoms with Crippen molar-refractivity contribution in [2.45, 2.75) is 63.5 Å². The van der Waals surface area contributed by atoms with Crippen LogP contribution in [0.2, 0.25) is 0 Å². The van der Waals surface area contributed by atoms with Crippen LogP contribution in [0.3, 0.4) is 0 Å². The third-order valence-electron chi connectivity index (χ3n) is 4.94. The lowest BCUT2D eigenvalue weighted by Crippen LogP contribution is -2.55. The summed E-state index contributed by atoms with van der Waals surface area (Å²) < 4.78 is 5.55. The fourth-order valence-electron chi connectivity index (χ4n) is 3.56. The summed E-state index contributed by atoms with van der Waals surface area (Å²) in [7, 11) is 1.75. The van der Waals surface area contributed by atoms with Crippen molar-refractivity contribution in [1.29, 1.82) is 0 Å². The van der Waals surface area contributed by atoms with Crippen LogP contribution in [0.4, 0.5) is 0 Å². The van der Waals surface area contributed by atoms with Gasteiger partial charge in [-0.2, -0.15) is 0 Å². The van der Waals surface area contributed by atoms with Crippen molar-refractivity contribution in [3.63, 3.8) is 0 Å². The van der Waals surface area contributed by atoms with Crippen LogP contribution < -0.4 is 0 Å². The maximum Gasteiger partial charge on any atom is 0.305 e. The topological polar surface area (TPSA) is 66.8 Å². The third-order valence-corrected chi connectivity index (χ3v) is 4.94. The van der Waals surface area contributed by atoms with E-state index in [1.54, 1.807) is 11.9 Å². The molecule has 0 radical (unpaired) electrons. The van der Waals surface area contributed by atoms with Gasteiger partial charge in [0.1, 0.15) is 6.10 Å². The first-order valence-electron chi connectivity index (χ1n) is 7.57. The van der Waals surface area contributed by atoms with Crippen molar-refractivity contribution in [3.8, 4) is 0 Å². The Morgan fingerprint density at radius 2 is 1.95 bits per heavy atom. The first kappa shape index (κ1) is 15.3. The third kappa shape index (κ3) is 2.97. The second kappa shape index (κ2) is 6.12. The average molecular weight is 283 g/mol. The highest BCUT2D eigenvalue weighted by molar-refractivity contribution is 5.83. The molecule has 2 rings (SSSR count). The van der Waals surface area contributed by atoms with Crippen LogP contribution in [0.15, 0.2) is 0 Å². The number of nitrogens with zero attached hydrogens (tertiary/aromatic N) is 1. The van der Waals surface area contributed by atoms with Gasteiger partial charge < -0.3 is 14.7 Å². The Hall–Kier alpha value is -1.10. The molecule has 5 nitrogen and oxygen atoms in total. The molecular weight excluding hydrogens is 258 g/mol. The van der Waals surface area contributed by atoms with Crippen LogP contribution in [0.25, 0.3) is 0 Å².